The van der Waals surface area contributed by atoms with Crippen LogP contribution in [-0.2, 0) is 47.4 Å². The van der Waals surface area contributed by atoms with Crippen molar-refractivity contribution in [1.29, 1.82) is 0 Å². The van der Waals surface area contributed by atoms with Gasteiger partial charge in [-0.25, -0.2) is 0 Å². The quantitative estimate of drug-likeness (QED) is 0.0645. The predicted molar refractivity (Wildman–Crippen MR) is 157 cm³/mol. The van der Waals surface area contributed by atoms with E-state index >= 15 is 0 Å². The molecule has 0 aliphatic heterocycles. The van der Waals surface area contributed by atoms with E-state index in [1.807, 2.05) is 13.8 Å². The molecule has 0 saturated carbocycles. The minimum absolute atomic E-state index is 0.0268. The van der Waals surface area contributed by atoms with Gasteiger partial charge in [0.2, 0.25) is 0 Å². The predicted octanol–water partition coefficient (Wildman–Crippen LogP) is 2.55. The Hall–Kier alpha value is -1.98. The van der Waals surface area contributed by atoms with Crippen LogP contribution < -0.4 is 4.74 Å². The van der Waals surface area contributed by atoms with E-state index in [-0.39, 0.29) is 11.8 Å². The van der Waals surface area contributed by atoms with Crippen LogP contribution in [0.1, 0.15) is 13.8 Å². The highest BCUT2D eigenvalue weighted by Crippen LogP contribution is 2.17. The Labute approximate surface area is 255 Å². The summed E-state index contributed by atoms with van der Waals surface area (Å²) in [5.74, 6) is 0.557. The van der Waals surface area contributed by atoms with Crippen molar-refractivity contribution in [3.63, 3.8) is 0 Å². The second-order valence-electron chi connectivity index (χ2n) is 9.03. The number of ether oxygens (including phenoxy) is 11. The molecule has 14 heteroatoms. The highest BCUT2D eigenvalue weighted by Gasteiger charge is 2.04. The Bertz CT molecular complexity index is 740. The smallest absolute Gasteiger partial charge is 0.269 e. The van der Waals surface area contributed by atoms with Crippen LogP contribution in [-0.4, -0.2) is 143 Å². The van der Waals surface area contributed by atoms with Crippen molar-refractivity contribution in [3.05, 3.63) is 34.4 Å². The molecule has 250 valence electrons. The molecule has 0 aliphatic rings. The zero-order valence-corrected chi connectivity index (χ0v) is 25.8. The molecule has 0 spiro atoms. The zero-order valence-electron chi connectivity index (χ0n) is 25.8. The number of nitrogens with zero attached hydrogens (tertiary/aromatic N) is 1. The van der Waals surface area contributed by atoms with Crippen molar-refractivity contribution in [2.75, 3.05) is 132 Å². The van der Waals surface area contributed by atoms with E-state index in [0.717, 1.165) is 0 Å². The van der Waals surface area contributed by atoms with E-state index in [9.17, 15) is 10.1 Å². The molecule has 0 amide bonds. The molecule has 14 nitrogen and oxygen atoms in total. The van der Waals surface area contributed by atoms with E-state index in [1.54, 1.807) is 12.1 Å². The van der Waals surface area contributed by atoms with Crippen LogP contribution in [0, 0.1) is 10.1 Å². The number of nitro benzene ring substituents is 1. The molecule has 0 aliphatic carbocycles. The van der Waals surface area contributed by atoms with Gasteiger partial charge in [0.05, 0.1) is 137 Å². The summed E-state index contributed by atoms with van der Waals surface area (Å²) in [6.07, 6.45) is 0.226. The van der Waals surface area contributed by atoms with Crippen molar-refractivity contribution < 1.29 is 57.0 Å². The summed E-state index contributed by atoms with van der Waals surface area (Å²) < 4.78 is 59.8. The Balaban J connectivity index is 1.66. The molecule has 1 aromatic carbocycles. The van der Waals surface area contributed by atoms with Gasteiger partial charge in [0.25, 0.3) is 5.69 Å². The molecule has 0 atom stereocenters. The van der Waals surface area contributed by atoms with Crippen LogP contribution in [0.2, 0.25) is 0 Å². The van der Waals surface area contributed by atoms with Crippen molar-refractivity contribution >= 4 is 5.69 Å². The van der Waals surface area contributed by atoms with Gasteiger partial charge >= 0.3 is 0 Å². The number of hydrogen-bond donors (Lipinski definition) is 0. The van der Waals surface area contributed by atoms with Crippen LogP contribution in [0.25, 0.3) is 0 Å². The summed E-state index contributed by atoms with van der Waals surface area (Å²) in [6.45, 7) is 13.8. The second-order valence-corrected chi connectivity index (χ2v) is 9.03. The lowest BCUT2D eigenvalue weighted by Gasteiger charge is -2.09. The molecule has 0 bridgehead atoms. The summed E-state index contributed by atoms with van der Waals surface area (Å²) >= 11 is 0. The Morgan fingerprint density at radius 3 is 1.05 bits per heavy atom. The van der Waals surface area contributed by atoms with Crippen molar-refractivity contribution in [2.24, 2.45) is 0 Å². The van der Waals surface area contributed by atoms with Gasteiger partial charge in [0.1, 0.15) is 12.4 Å². The number of non-ortho nitro benzene ring substituents is 1. The average molecular weight is 622 g/mol. The van der Waals surface area contributed by atoms with Gasteiger partial charge < -0.3 is 52.1 Å². The molecule has 0 saturated heterocycles. The Kier molecular flexibility index (Phi) is 27.3. The molecule has 0 heterocycles. The van der Waals surface area contributed by atoms with Crippen LogP contribution in [0.15, 0.2) is 24.3 Å². The van der Waals surface area contributed by atoms with Crippen molar-refractivity contribution in [2.45, 2.75) is 20.0 Å². The van der Waals surface area contributed by atoms with Crippen molar-refractivity contribution in [1.82, 2.24) is 0 Å². The first-order valence-electron chi connectivity index (χ1n) is 14.8. The fourth-order valence-corrected chi connectivity index (χ4v) is 3.09. The Morgan fingerprint density at radius 2 is 0.767 bits per heavy atom. The maximum absolute atomic E-state index is 10.6. The third-order valence-corrected chi connectivity index (χ3v) is 5.20. The highest BCUT2D eigenvalue weighted by atomic mass is 16.6. The fourth-order valence-electron chi connectivity index (χ4n) is 3.09. The summed E-state index contributed by atoms with van der Waals surface area (Å²) in [5, 5.41) is 10.6. The number of benzene rings is 1. The lowest BCUT2D eigenvalue weighted by atomic mass is 10.3. The first-order chi connectivity index (χ1) is 21.1. The highest BCUT2D eigenvalue weighted by molar-refractivity contribution is 5.35. The third-order valence-electron chi connectivity index (χ3n) is 5.20. The van der Waals surface area contributed by atoms with E-state index < -0.39 is 4.92 Å². The molecule has 0 N–H and O–H groups in total. The van der Waals surface area contributed by atoms with Crippen molar-refractivity contribution in [3.8, 4) is 5.75 Å². The summed E-state index contributed by atoms with van der Waals surface area (Å²) in [7, 11) is 0. The molecule has 0 fully saturated rings. The zero-order chi connectivity index (χ0) is 31.1. The Morgan fingerprint density at radius 1 is 0.488 bits per heavy atom. The molecule has 1 rings (SSSR count). The van der Waals surface area contributed by atoms with Gasteiger partial charge in [0.15, 0.2) is 0 Å². The van der Waals surface area contributed by atoms with E-state index in [4.69, 9.17) is 52.1 Å². The van der Waals surface area contributed by atoms with Gasteiger partial charge in [0, 0.05) is 12.1 Å². The van der Waals surface area contributed by atoms with Gasteiger partial charge in [-0.3, -0.25) is 10.1 Å². The molecule has 43 heavy (non-hydrogen) atoms. The van der Waals surface area contributed by atoms with Crippen LogP contribution in [0.5, 0.6) is 5.75 Å². The largest absolute Gasteiger partial charge is 0.491 e. The standard InChI is InChI=1S/C29H51NO13/c1-27(2)42-25-23-40-21-19-38-17-15-36-13-11-34-9-7-33-8-10-35-12-14-37-16-18-39-20-22-41-24-26-43-29-5-3-28(4-6-29)30(31)32/h3-6,27H,7-26H2,1-2H3. The molecule has 0 unspecified atom stereocenters. The minimum atomic E-state index is -0.451. The summed E-state index contributed by atoms with van der Waals surface area (Å²) in [5.41, 5.74) is 0.0268. The lowest BCUT2D eigenvalue weighted by Crippen LogP contribution is -2.15. The van der Waals surface area contributed by atoms with Crippen LogP contribution >= 0.6 is 0 Å². The van der Waals surface area contributed by atoms with Crippen LogP contribution in [0.3, 0.4) is 0 Å². The molecule has 0 radical (unpaired) electrons. The number of nitro groups is 1. The van der Waals surface area contributed by atoms with E-state index in [1.165, 1.54) is 12.1 Å². The molecular formula is C29H51NO13. The minimum Gasteiger partial charge on any atom is -0.491 e. The maximum atomic E-state index is 10.6. The number of hydrogen-bond acceptors (Lipinski definition) is 13. The SMILES string of the molecule is CC(C)OCCOCCOCCOCCOCCOCCOCCOCCOCCOCCOc1ccc([N+](=O)[O-])cc1. The van der Waals surface area contributed by atoms with E-state index in [0.29, 0.717) is 138 Å². The number of rotatable bonds is 33. The average Bonchev–Trinajstić information content (AvgIpc) is 3.00. The second kappa shape index (κ2) is 30.1. The summed E-state index contributed by atoms with van der Waals surface area (Å²) in [6, 6.07) is 5.91. The first-order valence-corrected chi connectivity index (χ1v) is 14.8. The van der Waals surface area contributed by atoms with Gasteiger partial charge in [-0.1, -0.05) is 0 Å². The summed E-state index contributed by atoms with van der Waals surface area (Å²) in [4.78, 5) is 10.2. The van der Waals surface area contributed by atoms with E-state index in [2.05, 4.69) is 0 Å². The van der Waals surface area contributed by atoms with Crippen LogP contribution in [0.4, 0.5) is 5.69 Å². The first kappa shape index (κ1) is 39.0. The monoisotopic (exact) mass is 621 g/mol. The van der Waals surface area contributed by atoms with Gasteiger partial charge in [-0.05, 0) is 26.0 Å². The molecular weight excluding hydrogens is 570 g/mol. The maximum Gasteiger partial charge on any atom is 0.269 e. The van der Waals surface area contributed by atoms with Gasteiger partial charge in [-0.15, -0.1) is 0 Å². The third kappa shape index (κ3) is 27.3. The topological polar surface area (TPSA) is 145 Å². The fraction of sp³-hybridized carbons (Fsp3) is 0.793. The normalized spacial score (nSPS) is 11.4. The molecule has 0 aromatic heterocycles. The molecule has 1 aromatic rings. The lowest BCUT2D eigenvalue weighted by molar-refractivity contribution is -0.384. The van der Waals surface area contributed by atoms with Gasteiger partial charge in [-0.2, -0.15) is 0 Å².